The Labute approximate surface area is 93.6 Å². The van der Waals surface area contributed by atoms with Crippen LogP contribution in [0.25, 0.3) is 10.9 Å². The lowest BCUT2D eigenvalue weighted by molar-refractivity contribution is -0.384. The van der Waals surface area contributed by atoms with Crippen molar-refractivity contribution in [1.82, 2.24) is 4.57 Å². The first kappa shape index (κ1) is 10.7. The molecule has 4 heteroatoms. The Balaban J connectivity index is 2.64. The van der Waals surface area contributed by atoms with Gasteiger partial charge in [-0.2, -0.15) is 0 Å². The molecule has 2 aromatic rings. The predicted molar refractivity (Wildman–Crippen MR) is 63.6 cm³/mol. The number of rotatable bonds is 1. The smallest absolute Gasteiger partial charge is 0.270 e. The van der Waals surface area contributed by atoms with E-state index in [0.717, 1.165) is 10.9 Å². The molecule has 0 saturated carbocycles. The highest BCUT2D eigenvalue weighted by molar-refractivity contribution is 5.82. The van der Waals surface area contributed by atoms with Crippen LogP contribution >= 0.6 is 0 Å². The highest BCUT2D eigenvalue weighted by Gasteiger charge is 2.16. The highest BCUT2D eigenvalue weighted by atomic mass is 16.6. The normalized spacial score (nSPS) is 11.9. The maximum atomic E-state index is 10.6. The maximum absolute atomic E-state index is 10.6. The van der Waals surface area contributed by atoms with Crippen LogP contribution in [-0.2, 0) is 5.54 Å². The molecule has 0 N–H and O–H groups in total. The molecule has 1 aromatic heterocycles. The second kappa shape index (κ2) is 3.33. The van der Waals surface area contributed by atoms with E-state index in [2.05, 4.69) is 25.3 Å². The summed E-state index contributed by atoms with van der Waals surface area (Å²) < 4.78 is 2.12. The summed E-state index contributed by atoms with van der Waals surface area (Å²) in [5, 5.41) is 11.6. The molecule has 0 radical (unpaired) electrons. The second-order valence-electron chi connectivity index (χ2n) is 4.86. The van der Waals surface area contributed by atoms with Gasteiger partial charge in [0.05, 0.1) is 4.92 Å². The van der Waals surface area contributed by atoms with Crippen molar-refractivity contribution in [2.24, 2.45) is 0 Å². The van der Waals surface area contributed by atoms with E-state index in [-0.39, 0.29) is 16.1 Å². The third-order valence-corrected chi connectivity index (χ3v) is 2.61. The molecule has 2 rings (SSSR count). The number of non-ortho nitro benzene ring substituents is 1. The minimum absolute atomic E-state index is 0.0160. The van der Waals surface area contributed by atoms with Gasteiger partial charge in [0.2, 0.25) is 0 Å². The van der Waals surface area contributed by atoms with Gasteiger partial charge in [-0.15, -0.1) is 0 Å². The summed E-state index contributed by atoms with van der Waals surface area (Å²) in [6.07, 6.45) is 1.97. The van der Waals surface area contributed by atoms with E-state index in [0.29, 0.717) is 0 Å². The molecule has 1 heterocycles. The van der Waals surface area contributed by atoms with Crippen molar-refractivity contribution < 1.29 is 4.92 Å². The largest absolute Gasteiger partial charge is 0.342 e. The summed E-state index contributed by atoms with van der Waals surface area (Å²) in [6.45, 7) is 6.32. The third-order valence-electron chi connectivity index (χ3n) is 2.61. The van der Waals surface area contributed by atoms with E-state index >= 15 is 0 Å². The summed E-state index contributed by atoms with van der Waals surface area (Å²) in [5.41, 5.74) is 1.15. The Morgan fingerprint density at radius 1 is 1.25 bits per heavy atom. The lowest BCUT2D eigenvalue weighted by Crippen LogP contribution is -2.20. The number of benzene rings is 1. The fraction of sp³-hybridized carbons (Fsp3) is 0.333. The quantitative estimate of drug-likeness (QED) is 0.544. The summed E-state index contributed by atoms with van der Waals surface area (Å²) in [4.78, 5) is 10.3. The third kappa shape index (κ3) is 1.66. The Morgan fingerprint density at radius 2 is 1.94 bits per heavy atom. The lowest BCUT2D eigenvalue weighted by atomic mass is 10.1. The highest BCUT2D eigenvalue weighted by Crippen LogP contribution is 2.26. The van der Waals surface area contributed by atoms with Crippen LogP contribution in [0.15, 0.2) is 30.5 Å². The topological polar surface area (TPSA) is 48.1 Å². The second-order valence-corrected chi connectivity index (χ2v) is 4.86. The van der Waals surface area contributed by atoms with Gasteiger partial charge in [-0.05, 0) is 32.9 Å². The van der Waals surface area contributed by atoms with E-state index < -0.39 is 0 Å². The predicted octanol–water partition coefficient (Wildman–Crippen LogP) is 3.30. The average molecular weight is 218 g/mol. The summed E-state index contributed by atoms with van der Waals surface area (Å²) in [7, 11) is 0. The number of fused-ring (bicyclic) bond motifs is 1. The molecule has 0 aliphatic rings. The van der Waals surface area contributed by atoms with Crippen molar-refractivity contribution in [1.29, 1.82) is 0 Å². The van der Waals surface area contributed by atoms with Gasteiger partial charge < -0.3 is 4.57 Å². The molecule has 0 fully saturated rings. The molecular formula is C12H14N2O2. The van der Waals surface area contributed by atoms with Crippen molar-refractivity contribution >= 4 is 16.6 Å². The van der Waals surface area contributed by atoms with Gasteiger partial charge in [0.25, 0.3) is 5.69 Å². The van der Waals surface area contributed by atoms with E-state index in [9.17, 15) is 10.1 Å². The number of aromatic nitrogens is 1. The first-order chi connectivity index (χ1) is 7.39. The van der Waals surface area contributed by atoms with Crippen LogP contribution in [-0.4, -0.2) is 9.49 Å². The summed E-state index contributed by atoms with van der Waals surface area (Å²) in [5.74, 6) is 0. The summed E-state index contributed by atoms with van der Waals surface area (Å²) in [6, 6.07) is 6.87. The van der Waals surface area contributed by atoms with Gasteiger partial charge >= 0.3 is 0 Å². The lowest BCUT2D eigenvalue weighted by Gasteiger charge is -2.22. The fourth-order valence-electron chi connectivity index (χ4n) is 1.83. The van der Waals surface area contributed by atoms with Gasteiger partial charge in [-0.25, -0.2) is 0 Å². The van der Waals surface area contributed by atoms with Crippen molar-refractivity contribution in [2.75, 3.05) is 0 Å². The number of hydrogen-bond donors (Lipinski definition) is 0. The first-order valence-corrected chi connectivity index (χ1v) is 5.15. The standard InChI is InChI=1S/C12H14N2O2/c1-12(2,3)13-7-6-9-8-10(14(15)16)4-5-11(9)13/h4-8H,1-3H3. The Bertz CT molecular complexity index is 550. The van der Waals surface area contributed by atoms with Gasteiger partial charge in [0.1, 0.15) is 0 Å². The molecule has 16 heavy (non-hydrogen) atoms. The Kier molecular flexibility index (Phi) is 2.22. The fourth-order valence-corrected chi connectivity index (χ4v) is 1.83. The zero-order valence-corrected chi connectivity index (χ0v) is 9.60. The molecule has 1 aromatic carbocycles. The molecule has 0 aliphatic carbocycles. The Hall–Kier alpha value is -1.84. The minimum atomic E-state index is -0.367. The monoisotopic (exact) mass is 218 g/mol. The maximum Gasteiger partial charge on any atom is 0.270 e. The number of nitrogens with zero attached hydrogens (tertiary/aromatic N) is 2. The average Bonchev–Trinajstić information content (AvgIpc) is 2.58. The first-order valence-electron chi connectivity index (χ1n) is 5.15. The number of nitro groups is 1. The van der Waals surface area contributed by atoms with Crippen LogP contribution < -0.4 is 0 Å². The van der Waals surface area contributed by atoms with Crippen molar-refractivity contribution in [3.8, 4) is 0 Å². The minimum Gasteiger partial charge on any atom is -0.342 e. The van der Waals surface area contributed by atoms with E-state index in [1.54, 1.807) is 18.2 Å². The van der Waals surface area contributed by atoms with E-state index in [1.807, 2.05) is 12.3 Å². The molecule has 0 atom stereocenters. The Morgan fingerprint density at radius 3 is 2.50 bits per heavy atom. The summed E-state index contributed by atoms with van der Waals surface area (Å²) >= 11 is 0. The van der Waals surface area contributed by atoms with Crippen molar-refractivity contribution in [3.63, 3.8) is 0 Å². The molecule has 4 nitrogen and oxygen atoms in total. The molecule has 84 valence electrons. The molecular weight excluding hydrogens is 204 g/mol. The van der Waals surface area contributed by atoms with Gasteiger partial charge in [-0.3, -0.25) is 10.1 Å². The van der Waals surface area contributed by atoms with E-state index in [4.69, 9.17) is 0 Å². The van der Waals surface area contributed by atoms with Crippen LogP contribution in [0.4, 0.5) is 5.69 Å². The molecule has 0 unspecified atom stereocenters. The molecule has 0 aliphatic heterocycles. The molecule has 0 amide bonds. The van der Waals surface area contributed by atoms with Gasteiger partial charge in [0, 0.05) is 34.8 Å². The van der Waals surface area contributed by atoms with Crippen LogP contribution in [0.3, 0.4) is 0 Å². The van der Waals surface area contributed by atoms with Crippen LogP contribution in [0.5, 0.6) is 0 Å². The van der Waals surface area contributed by atoms with Crippen LogP contribution in [0.1, 0.15) is 20.8 Å². The number of nitro benzene ring substituents is 1. The van der Waals surface area contributed by atoms with E-state index in [1.165, 1.54) is 0 Å². The van der Waals surface area contributed by atoms with Crippen molar-refractivity contribution in [2.45, 2.75) is 26.3 Å². The van der Waals surface area contributed by atoms with Gasteiger partial charge in [0.15, 0.2) is 0 Å². The zero-order valence-electron chi connectivity index (χ0n) is 9.60. The molecule has 0 spiro atoms. The van der Waals surface area contributed by atoms with Crippen LogP contribution in [0, 0.1) is 10.1 Å². The SMILES string of the molecule is CC(C)(C)n1ccc2cc([N+](=O)[O-])ccc21. The zero-order chi connectivity index (χ0) is 11.9. The molecule has 0 bridgehead atoms. The van der Waals surface area contributed by atoms with Crippen molar-refractivity contribution in [3.05, 3.63) is 40.6 Å². The van der Waals surface area contributed by atoms with Gasteiger partial charge in [-0.1, -0.05) is 0 Å². The van der Waals surface area contributed by atoms with Crippen LogP contribution in [0.2, 0.25) is 0 Å². The molecule has 0 saturated heterocycles. The number of hydrogen-bond acceptors (Lipinski definition) is 2.